The van der Waals surface area contributed by atoms with Crippen molar-refractivity contribution in [2.45, 2.75) is 10.9 Å². The first kappa shape index (κ1) is 18.4. The minimum absolute atomic E-state index is 0.699. The molecule has 0 aliphatic heterocycles. The lowest BCUT2D eigenvalue weighted by molar-refractivity contribution is 0.414. The number of rotatable bonds is 6. The number of hydrogen-bond donors (Lipinski definition) is 0. The lowest BCUT2D eigenvalue weighted by Crippen LogP contribution is -2.00. The molecule has 0 saturated carbocycles. The lowest BCUT2D eigenvalue weighted by Gasteiger charge is -2.11. The smallest absolute Gasteiger partial charge is 0.196 e. The van der Waals surface area contributed by atoms with Crippen LogP contribution in [0.15, 0.2) is 90.3 Å². The van der Waals surface area contributed by atoms with Gasteiger partial charge in [-0.25, -0.2) is 4.98 Å². The molecule has 148 valence electrons. The second-order valence-electron chi connectivity index (χ2n) is 6.69. The summed E-state index contributed by atoms with van der Waals surface area (Å²) in [6.07, 6.45) is 4.05. The normalized spacial score (nSPS) is 11.1. The van der Waals surface area contributed by atoms with Gasteiger partial charge in [-0.05, 0) is 36.4 Å². The summed E-state index contributed by atoms with van der Waals surface area (Å²) in [7, 11) is 1.67. The van der Waals surface area contributed by atoms with Gasteiger partial charge in [0.05, 0.1) is 12.8 Å². The summed E-state index contributed by atoms with van der Waals surface area (Å²) in [5.74, 6) is 2.32. The van der Waals surface area contributed by atoms with Gasteiger partial charge in [0, 0.05) is 29.4 Å². The van der Waals surface area contributed by atoms with Crippen molar-refractivity contribution in [3.8, 4) is 22.8 Å². The fourth-order valence-electron chi connectivity index (χ4n) is 3.30. The first-order chi connectivity index (χ1) is 14.8. The average molecular weight is 414 g/mol. The van der Waals surface area contributed by atoms with Gasteiger partial charge in [0.25, 0.3) is 0 Å². The Bertz CT molecular complexity index is 1250. The molecule has 0 unspecified atom stereocenters. The van der Waals surface area contributed by atoms with Crippen molar-refractivity contribution >= 4 is 17.4 Å². The molecule has 0 fully saturated rings. The zero-order valence-corrected chi connectivity index (χ0v) is 17.2. The average Bonchev–Trinajstić information content (AvgIpc) is 3.42. The van der Waals surface area contributed by atoms with Gasteiger partial charge in [0.2, 0.25) is 0 Å². The highest BCUT2D eigenvalue weighted by Gasteiger charge is 2.17. The Morgan fingerprint density at radius 3 is 2.47 bits per heavy atom. The molecule has 0 bridgehead atoms. The van der Waals surface area contributed by atoms with Crippen LogP contribution in [0.25, 0.3) is 22.7 Å². The van der Waals surface area contributed by atoms with E-state index in [0.29, 0.717) is 5.75 Å². The molecule has 5 rings (SSSR count). The Kier molecular flexibility index (Phi) is 4.94. The third-order valence-electron chi connectivity index (χ3n) is 4.76. The molecule has 30 heavy (non-hydrogen) atoms. The molecule has 0 amide bonds. The lowest BCUT2D eigenvalue weighted by atomic mass is 10.2. The Morgan fingerprint density at radius 1 is 0.900 bits per heavy atom. The highest BCUT2D eigenvalue weighted by atomic mass is 32.2. The first-order valence-corrected chi connectivity index (χ1v) is 10.5. The number of hydrogen-bond acceptors (Lipinski definition) is 5. The van der Waals surface area contributed by atoms with Crippen molar-refractivity contribution < 1.29 is 4.74 Å². The topological polar surface area (TPSA) is 57.2 Å². The van der Waals surface area contributed by atoms with Crippen molar-refractivity contribution in [1.82, 2.24) is 24.1 Å². The maximum Gasteiger partial charge on any atom is 0.196 e. The summed E-state index contributed by atoms with van der Waals surface area (Å²) in [5, 5.41) is 9.80. The van der Waals surface area contributed by atoms with Gasteiger partial charge in [0.1, 0.15) is 11.4 Å². The first-order valence-electron chi connectivity index (χ1n) is 9.52. The highest BCUT2D eigenvalue weighted by molar-refractivity contribution is 7.98. The van der Waals surface area contributed by atoms with E-state index in [4.69, 9.17) is 4.74 Å². The second kappa shape index (κ2) is 8.04. The van der Waals surface area contributed by atoms with Crippen LogP contribution >= 0.6 is 11.8 Å². The van der Waals surface area contributed by atoms with Gasteiger partial charge >= 0.3 is 0 Å². The summed E-state index contributed by atoms with van der Waals surface area (Å²) in [6, 6.07) is 24.0. The summed E-state index contributed by atoms with van der Waals surface area (Å²) >= 11 is 1.62. The molecule has 0 aliphatic rings. The second-order valence-corrected chi connectivity index (χ2v) is 7.64. The van der Waals surface area contributed by atoms with Crippen molar-refractivity contribution in [3.05, 3.63) is 90.9 Å². The monoisotopic (exact) mass is 413 g/mol. The van der Waals surface area contributed by atoms with E-state index < -0.39 is 0 Å². The van der Waals surface area contributed by atoms with E-state index >= 15 is 0 Å². The molecule has 7 heteroatoms. The van der Waals surface area contributed by atoms with Crippen LogP contribution in [0.3, 0.4) is 0 Å². The van der Waals surface area contributed by atoms with E-state index in [1.54, 1.807) is 18.9 Å². The van der Waals surface area contributed by atoms with Crippen molar-refractivity contribution in [1.29, 1.82) is 0 Å². The third kappa shape index (κ3) is 3.55. The Hall–Kier alpha value is -3.58. The van der Waals surface area contributed by atoms with Gasteiger partial charge in [-0.2, -0.15) is 0 Å². The van der Waals surface area contributed by atoms with Crippen molar-refractivity contribution in [2.75, 3.05) is 7.11 Å². The molecule has 0 spiro atoms. The van der Waals surface area contributed by atoms with Crippen LogP contribution in [0.5, 0.6) is 5.75 Å². The van der Waals surface area contributed by atoms with Crippen LogP contribution in [0.2, 0.25) is 0 Å². The minimum Gasteiger partial charge on any atom is -0.497 e. The molecular weight excluding hydrogens is 394 g/mol. The van der Waals surface area contributed by atoms with E-state index in [1.807, 2.05) is 83.4 Å². The molecule has 5 aromatic rings. The number of thioether (sulfide) groups is 1. The number of imidazole rings is 1. The predicted molar refractivity (Wildman–Crippen MR) is 118 cm³/mol. The summed E-state index contributed by atoms with van der Waals surface area (Å²) in [5.41, 5.74) is 3.93. The quantitative estimate of drug-likeness (QED) is 0.371. The van der Waals surface area contributed by atoms with Crippen LogP contribution in [0, 0.1) is 0 Å². The van der Waals surface area contributed by atoms with Gasteiger partial charge in [-0.15, -0.1) is 10.2 Å². The Balaban J connectivity index is 1.51. The van der Waals surface area contributed by atoms with Crippen LogP contribution in [0.4, 0.5) is 0 Å². The zero-order valence-electron chi connectivity index (χ0n) is 16.3. The van der Waals surface area contributed by atoms with Crippen LogP contribution < -0.4 is 4.74 Å². The fourth-order valence-corrected chi connectivity index (χ4v) is 4.13. The molecule has 6 nitrogen and oxygen atoms in total. The van der Waals surface area contributed by atoms with Gasteiger partial charge in [-0.1, -0.05) is 48.2 Å². The maximum atomic E-state index is 5.31. The fraction of sp³-hybridized carbons (Fsp3) is 0.0870. The number of nitrogens with zero attached hydrogens (tertiary/aromatic N) is 5. The molecular formula is C23H19N5OS. The number of benzene rings is 2. The van der Waals surface area contributed by atoms with E-state index in [1.165, 1.54) is 0 Å². The van der Waals surface area contributed by atoms with Gasteiger partial charge in [-0.3, -0.25) is 4.57 Å². The molecule has 2 aromatic carbocycles. The third-order valence-corrected chi connectivity index (χ3v) is 5.72. The van der Waals surface area contributed by atoms with Gasteiger partial charge in [0.15, 0.2) is 11.0 Å². The highest BCUT2D eigenvalue weighted by Crippen LogP contribution is 2.30. The van der Waals surface area contributed by atoms with Crippen molar-refractivity contribution in [3.63, 3.8) is 0 Å². The number of aromatic nitrogens is 5. The molecule has 3 aromatic heterocycles. The van der Waals surface area contributed by atoms with Crippen LogP contribution in [-0.4, -0.2) is 31.3 Å². The van der Waals surface area contributed by atoms with Crippen LogP contribution in [-0.2, 0) is 5.75 Å². The maximum absolute atomic E-state index is 5.31. The zero-order chi connectivity index (χ0) is 20.3. The number of fused-ring (bicyclic) bond motifs is 1. The van der Waals surface area contributed by atoms with E-state index in [-0.39, 0.29) is 0 Å². The molecule has 0 radical (unpaired) electrons. The predicted octanol–water partition coefficient (Wildman–Crippen LogP) is 4.88. The Labute approximate surface area is 178 Å². The minimum atomic E-state index is 0.699. The van der Waals surface area contributed by atoms with E-state index in [2.05, 4.69) is 25.9 Å². The summed E-state index contributed by atoms with van der Waals surface area (Å²) in [6.45, 7) is 0. The van der Waals surface area contributed by atoms with Gasteiger partial charge < -0.3 is 9.14 Å². The van der Waals surface area contributed by atoms with Crippen molar-refractivity contribution in [2.24, 2.45) is 0 Å². The number of pyridine rings is 1. The number of methoxy groups -OCH3 is 1. The SMILES string of the molecule is COc1ccc(-n2c(SCc3cn4ccccc4n3)nnc2-c2ccccc2)cc1. The molecule has 0 aliphatic carbocycles. The standard InChI is InChI=1S/C23H19N5OS/c1-29-20-12-10-19(11-13-20)28-22(17-7-3-2-4-8-17)25-26-23(28)30-16-18-15-27-14-6-5-9-21(27)24-18/h2-15H,16H2,1H3. The summed E-state index contributed by atoms with van der Waals surface area (Å²) < 4.78 is 9.42. The molecule has 0 saturated heterocycles. The largest absolute Gasteiger partial charge is 0.497 e. The van der Waals surface area contributed by atoms with Crippen LogP contribution in [0.1, 0.15) is 5.69 Å². The Morgan fingerprint density at radius 2 is 1.70 bits per heavy atom. The number of ether oxygens (including phenoxy) is 1. The summed E-state index contributed by atoms with van der Waals surface area (Å²) in [4.78, 5) is 4.69. The van der Waals surface area contributed by atoms with E-state index in [0.717, 1.165) is 39.3 Å². The molecule has 0 N–H and O–H groups in total. The van der Waals surface area contributed by atoms with E-state index in [9.17, 15) is 0 Å². The molecule has 0 atom stereocenters. The molecule has 3 heterocycles.